The number of fused-ring (bicyclic) bond motifs is 1. The first-order valence-electron chi connectivity index (χ1n) is 5.39. The van der Waals surface area contributed by atoms with Gasteiger partial charge in [-0.3, -0.25) is 0 Å². The van der Waals surface area contributed by atoms with Crippen LogP contribution in [0.5, 0.6) is 0 Å². The predicted molar refractivity (Wildman–Crippen MR) is 66.2 cm³/mol. The SMILES string of the molecule is CN[C@H](C)c1ccc(C)c2ccccc12. The number of hydrogen-bond acceptors (Lipinski definition) is 1. The zero-order valence-electron chi connectivity index (χ0n) is 9.54. The van der Waals surface area contributed by atoms with Crippen LogP contribution in [0.15, 0.2) is 36.4 Å². The van der Waals surface area contributed by atoms with Gasteiger partial charge in [0.15, 0.2) is 0 Å². The Morgan fingerprint density at radius 3 is 2.33 bits per heavy atom. The normalized spacial score (nSPS) is 13.0. The first-order chi connectivity index (χ1) is 7.24. The molecule has 0 aliphatic carbocycles. The van der Waals surface area contributed by atoms with Gasteiger partial charge in [0.25, 0.3) is 0 Å². The van der Waals surface area contributed by atoms with Gasteiger partial charge in [0.1, 0.15) is 0 Å². The lowest BCUT2D eigenvalue weighted by Crippen LogP contribution is -2.12. The second-order valence-corrected chi connectivity index (χ2v) is 4.03. The van der Waals surface area contributed by atoms with Crippen LogP contribution in [0.2, 0.25) is 0 Å². The molecule has 0 saturated carbocycles. The second-order valence-electron chi connectivity index (χ2n) is 4.03. The molecule has 0 amide bonds. The Labute approximate surface area is 91.1 Å². The molecular formula is C14H17N. The number of hydrogen-bond donors (Lipinski definition) is 1. The lowest BCUT2D eigenvalue weighted by molar-refractivity contribution is 0.657. The zero-order chi connectivity index (χ0) is 10.8. The molecule has 0 saturated heterocycles. The smallest absolute Gasteiger partial charge is 0.0295 e. The topological polar surface area (TPSA) is 12.0 Å². The van der Waals surface area contributed by atoms with Crippen LogP contribution in [0.1, 0.15) is 24.1 Å². The third-order valence-electron chi connectivity index (χ3n) is 3.08. The average Bonchev–Trinajstić information content (AvgIpc) is 2.29. The lowest BCUT2D eigenvalue weighted by atomic mass is 9.97. The van der Waals surface area contributed by atoms with Gasteiger partial charge in [-0.15, -0.1) is 0 Å². The fourth-order valence-corrected chi connectivity index (χ4v) is 2.01. The van der Waals surface area contributed by atoms with Gasteiger partial charge in [-0.25, -0.2) is 0 Å². The maximum absolute atomic E-state index is 3.29. The summed E-state index contributed by atoms with van der Waals surface area (Å²) in [6, 6.07) is 13.4. The lowest BCUT2D eigenvalue weighted by Gasteiger charge is -2.14. The van der Waals surface area contributed by atoms with E-state index >= 15 is 0 Å². The summed E-state index contributed by atoms with van der Waals surface area (Å²) < 4.78 is 0. The Kier molecular flexibility index (Phi) is 2.74. The molecule has 0 heterocycles. The fraction of sp³-hybridized carbons (Fsp3) is 0.286. The van der Waals surface area contributed by atoms with E-state index in [-0.39, 0.29) is 0 Å². The van der Waals surface area contributed by atoms with Crippen molar-refractivity contribution in [3.05, 3.63) is 47.5 Å². The summed E-state index contributed by atoms with van der Waals surface area (Å²) in [5, 5.41) is 6.01. The first kappa shape index (κ1) is 10.2. The molecule has 0 aliphatic heterocycles. The summed E-state index contributed by atoms with van der Waals surface area (Å²) in [7, 11) is 2.00. The molecule has 0 unspecified atom stereocenters. The number of nitrogens with one attached hydrogen (secondary N) is 1. The molecule has 0 spiro atoms. The van der Waals surface area contributed by atoms with E-state index in [0.29, 0.717) is 6.04 Å². The fourth-order valence-electron chi connectivity index (χ4n) is 2.01. The van der Waals surface area contributed by atoms with Crippen molar-refractivity contribution in [3.8, 4) is 0 Å². The molecule has 78 valence electrons. The van der Waals surface area contributed by atoms with E-state index < -0.39 is 0 Å². The van der Waals surface area contributed by atoms with Gasteiger partial charge >= 0.3 is 0 Å². The van der Waals surface area contributed by atoms with Crippen LogP contribution in [-0.2, 0) is 0 Å². The average molecular weight is 199 g/mol. The van der Waals surface area contributed by atoms with E-state index in [1.165, 1.54) is 21.9 Å². The van der Waals surface area contributed by atoms with E-state index in [1.54, 1.807) is 0 Å². The molecule has 2 rings (SSSR count). The minimum absolute atomic E-state index is 0.399. The van der Waals surface area contributed by atoms with Gasteiger partial charge in [-0.05, 0) is 42.8 Å². The van der Waals surface area contributed by atoms with Crippen molar-refractivity contribution < 1.29 is 0 Å². The molecule has 1 heteroatoms. The maximum Gasteiger partial charge on any atom is 0.0295 e. The highest BCUT2D eigenvalue weighted by Gasteiger charge is 2.07. The van der Waals surface area contributed by atoms with Crippen molar-refractivity contribution in [1.82, 2.24) is 5.32 Å². The Bertz CT molecular complexity index is 474. The van der Waals surface area contributed by atoms with E-state index in [4.69, 9.17) is 0 Å². The molecule has 0 radical (unpaired) electrons. The highest BCUT2D eigenvalue weighted by molar-refractivity contribution is 5.88. The predicted octanol–water partition coefficient (Wildman–Crippen LogP) is 3.43. The van der Waals surface area contributed by atoms with Gasteiger partial charge < -0.3 is 5.32 Å². The third-order valence-corrected chi connectivity index (χ3v) is 3.08. The van der Waals surface area contributed by atoms with Crippen LogP contribution in [0, 0.1) is 6.92 Å². The van der Waals surface area contributed by atoms with Crippen LogP contribution in [0.4, 0.5) is 0 Å². The summed E-state index contributed by atoms with van der Waals surface area (Å²) in [6.07, 6.45) is 0. The highest BCUT2D eigenvalue weighted by Crippen LogP contribution is 2.26. The Hall–Kier alpha value is -1.34. The number of benzene rings is 2. The molecular weight excluding hydrogens is 182 g/mol. The standard InChI is InChI=1S/C14H17N/c1-10-8-9-13(11(2)15-3)14-7-5-4-6-12(10)14/h4-9,11,15H,1-3H3/t11-/m1/s1. The Morgan fingerprint density at radius 2 is 1.67 bits per heavy atom. The van der Waals surface area contributed by atoms with Gasteiger partial charge in [0.2, 0.25) is 0 Å². The van der Waals surface area contributed by atoms with Crippen molar-refractivity contribution in [2.75, 3.05) is 7.05 Å². The summed E-state index contributed by atoms with van der Waals surface area (Å²) in [5.41, 5.74) is 2.72. The largest absolute Gasteiger partial charge is 0.313 e. The number of aryl methyl sites for hydroxylation is 1. The van der Waals surface area contributed by atoms with Gasteiger partial charge in [-0.2, -0.15) is 0 Å². The minimum Gasteiger partial charge on any atom is -0.313 e. The van der Waals surface area contributed by atoms with Crippen LogP contribution >= 0.6 is 0 Å². The van der Waals surface area contributed by atoms with Crippen LogP contribution < -0.4 is 5.32 Å². The van der Waals surface area contributed by atoms with Gasteiger partial charge in [0.05, 0.1) is 0 Å². The summed E-state index contributed by atoms with van der Waals surface area (Å²) >= 11 is 0. The van der Waals surface area contributed by atoms with Crippen molar-refractivity contribution in [2.24, 2.45) is 0 Å². The first-order valence-corrected chi connectivity index (χ1v) is 5.39. The van der Waals surface area contributed by atoms with Gasteiger partial charge in [-0.1, -0.05) is 36.4 Å². The molecule has 1 N–H and O–H groups in total. The highest BCUT2D eigenvalue weighted by atomic mass is 14.9. The van der Waals surface area contributed by atoms with Crippen LogP contribution in [0.3, 0.4) is 0 Å². The monoisotopic (exact) mass is 199 g/mol. The molecule has 0 aromatic heterocycles. The minimum atomic E-state index is 0.399. The summed E-state index contributed by atoms with van der Waals surface area (Å²) in [6.45, 7) is 4.35. The summed E-state index contributed by atoms with van der Waals surface area (Å²) in [5.74, 6) is 0. The van der Waals surface area contributed by atoms with E-state index in [2.05, 4.69) is 55.6 Å². The van der Waals surface area contributed by atoms with Crippen molar-refractivity contribution in [3.63, 3.8) is 0 Å². The van der Waals surface area contributed by atoms with Crippen molar-refractivity contribution in [2.45, 2.75) is 19.9 Å². The third kappa shape index (κ3) is 1.75. The maximum atomic E-state index is 3.29. The molecule has 0 aliphatic rings. The molecule has 15 heavy (non-hydrogen) atoms. The van der Waals surface area contributed by atoms with Crippen molar-refractivity contribution >= 4 is 10.8 Å². The zero-order valence-corrected chi connectivity index (χ0v) is 9.54. The van der Waals surface area contributed by atoms with E-state index in [1.807, 2.05) is 7.05 Å². The van der Waals surface area contributed by atoms with Crippen LogP contribution in [0.25, 0.3) is 10.8 Å². The van der Waals surface area contributed by atoms with Crippen molar-refractivity contribution in [1.29, 1.82) is 0 Å². The molecule has 2 aromatic carbocycles. The molecule has 0 fully saturated rings. The summed E-state index contributed by atoms with van der Waals surface area (Å²) in [4.78, 5) is 0. The second kappa shape index (κ2) is 4.03. The van der Waals surface area contributed by atoms with E-state index in [0.717, 1.165) is 0 Å². The molecule has 0 bridgehead atoms. The molecule has 2 aromatic rings. The molecule has 1 atom stereocenters. The number of rotatable bonds is 2. The molecule has 1 nitrogen and oxygen atoms in total. The Balaban J connectivity index is 2.71. The quantitative estimate of drug-likeness (QED) is 0.781. The van der Waals surface area contributed by atoms with E-state index in [9.17, 15) is 0 Å². The Morgan fingerprint density at radius 1 is 1.00 bits per heavy atom. The van der Waals surface area contributed by atoms with Crippen LogP contribution in [-0.4, -0.2) is 7.05 Å². The van der Waals surface area contributed by atoms with Gasteiger partial charge in [0, 0.05) is 6.04 Å².